The summed E-state index contributed by atoms with van der Waals surface area (Å²) in [4.78, 5) is 6.88. The fourth-order valence-corrected chi connectivity index (χ4v) is 2.80. The number of anilines is 1. The number of pyridine rings is 1. The highest BCUT2D eigenvalue weighted by Crippen LogP contribution is 2.29. The molecule has 0 bridgehead atoms. The van der Waals surface area contributed by atoms with Gasteiger partial charge < -0.3 is 15.1 Å². The lowest BCUT2D eigenvalue weighted by Gasteiger charge is -2.32. The Morgan fingerprint density at radius 3 is 2.94 bits per heavy atom. The third-order valence-corrected chi connectivity index (χ3v) is 3.85. The second-order valence-corrected chi connectivity index (χ2v) is 4.97. The van der Waals surface area contributed by atoms with Crippen LogP contribution in [0.3, 0.4) is 0 Å². The molecule has 4 heteroatoms. The molecule has 0 unspecified atom stereocenters. The molecule has 2 aromatic heterocycles. The zero-order chi connectivity index (χ0) is 12.4. The Hall–Kier alpha value is -1.55. The van der Waals surface area contributed by atoms with Crippen LogP contribution in [0.1, 0.15) is 19.3 Å². The predicted molar refractivity (Wildman–Crippen MR) is 72.6 cm³/mol. The smallest absolute Gasteiger partial charge is 0.139 e. The normalized spacial score (nSPS) is 17.5. The third kappa shape index (κ3) is 2.08. The molecule has 1 fully saturated rings. The van der Waals surface area contributed by atoms with Crippen LogP contribution in [0.2, 0.25) is 0 Å². The van der Waals surface area contributed by atoms with Gasteiger partial charge in [0.05, 0.1) is 11.6 Å². The summed E-state index contributed by atoms with van der Waals surface area (Å²) in [5.74, 6) is 1.85. The van der Waals surface area contributed by atoms with Crippen molar-refractivity contribution in [3.63, 3.8) is 0 Å². The highest BCUT2D eigenvalue weighted by Gasteiger charge is 2.21. The van der Waals surface area contributed by atoms with E-state index in [1.54, 1.807) is 6.26 Å². The number of piperidine rings is 1. The van der Waals surface area contributed by atoms with Gasteiger partial charge in [-0.15, -0.1) is 0 Å². The second kappa shape index (κ2) is 4.98. The number of nitrogens with two attached hydrogens (primary N) is 1. The monoisotopic (exact) mass is 245 g/mol. The van der Waals surface area contributed by atoms with Crippen molar-refractivity contribution >= 4 is 16.8 Å². The maximum atomic E-state index is 5.63. The van der Waals surface area contributed by atoms with Crippen molar-refractivity contribution in [1.29, 1.82) is 0 Å². The molecule has 4 nitrogen and oxygen atoms in total. The molecule has 2 N–H and O–H groups in total. The molecule has 1 saturated heterocycles. The van der Waals surface area contributed by atoms with Gasteiger partial charge in [-0.3, -0.25) is 0 Å². The van der Waals surface area contributed by atoms with E-state index in [0.29, 0.717) is 0 Å². The Balaban J connectivity index is 1.78. The Morgan fingerprint density at radius 2 is 2.17 bits per heavy atom. The minimum absolute atomic E-state index is 0.787. The zero-order valence-corrected chi connectivity index (χ0v) is 10.5. The Kier molecular flexibility index (Phi) is 3.19. The van der Waals surface area contributed by atoms with E-state index in [9.17, 15) is 0 Å². The summed E-state index contributed by atoms with van der Waals surface area (Å²) in [6.45, 7) is 2.95. The van der Waals surface area contributed by atoms with Crippen LogP contribution in [0, 0.1) is 5.92 Å². The van der Waals surface area contributed by atoms with Gasteiger partial charge in [-0.05, 0) is 43.9 Å². The topological polar surface area (TPSA) is 55.3 Å². The number of fused-ring (bicyclic) bond motifs is 1. The quantitative estimate of drug-likeness (QED) is 0.902. The largest absolute Gasteiger partial charge is 0.464 e. The Morgan fingerprint density at radius 1 is 1.33 bits per heavy atom. The fourth-order valence-electron chi connectivity index (χ4n) is 2.80. The van der Waals surface area contributed by atoms with E-state index < -0.39 is 0 Å². The highest BCUT2D eigenvalue weighted by atomic mass is 16.3. The van der Waals surface area contributed by atoms with Crippen LogP contribution in [0.4, 0.5) is 5.82 Å². The van der Waals surface area contributed by atoms with Gasteiger partial charge in [-0.25, -0.2) is 4.98 Å². The standard InChI is InChI=1S/C14H19N3O/c15-6-1-11-3-8-17(9-4-11)14-12-5-10-18-13(12)2-7-16-14/h2,5,7,10-11H,1,3-4,6,8-9,15H2. The lowest BCUT2D eigenvalue weighted by Crippen LogP contribution is -2.34. The molecular weight excluding hydrogens is 226 g/mol. The lowest BCUT2D eigenvalue weighted by molar-refractivity contribution is 0.385. The molecule has 96 valence electrons. The average molecular weight is 245 g/mol. The molecule has 0 aliphatic carbocycles. The van der Waals surface area contributed by atoms with Crippen molar-refractivity contribution in [2.75, 3.05) is 24.5 Å². The molecule has 0 atom stereocenters. The summed E-state index contributed by atoms with van der Waals surface area (Å²) in [6, 6.07) is 3.92. The van der Waals surface area contributed by atoms with Crippen molar-refractivity contribution in [2.45, 2.75) is 19.3 Å². The predicted octanol–water partition coefficient (Wildman–Crippen LogP) is 2.39. The molecule has 1 aliphatic rings. The number of aromatic nitrogens is 1. The molecule has 0 saturated carbocycles. The van der Waals surface area contributed by atoms with Gasteiger partial charge in [-0.2, -0.15) is 0 Å². The van der Waals surface area contributed by atoms with Crippen LogP contribution in [0.25, 0.3) is 11.0 Å². The number of furan rings is 1. The first-order chi connectivity index (χ1) is 8.88. The SMILES string of the molecule is NCCC1CCN(c2nccc3occc23)CC1. The van der Waals surface area contributed by atoms with Crippen LogP contribution in [0.15, 0.2) is 29.0 Å². The molecule has 3 rings (SSSR count). The molecule has 0 aromatic carbocycles. The molecule has 0 radical (unpaired) electrons. The van der Waals surface area contributed by atoms with Crippen molar-refractivity contribution < 1.29 is 4.42 Å². The van der Waals surface area contributed by atoms with Gasteiger partial charge in [0.15, 0.2) is 0 Å². The minimum atomic E-state index is 0.787. The first-order valence-corrected chi connectivity index (χ1v) is 6.65. The van der Waals surface area contributed by atoms with Crippen molar-refractivity contribution in [1.82, 2.24) is 4.98 Å². The van der Waals surface area contributed by atoms with Crippen LogP contribution >= 0.6 is 0 Å². The molecule has 0 spiro atoms. The fraction of sp³-hybridized carbons (Fsp3) is 0.500. The number of hydrogen-bond acceptors (Lipinski definition) is 4. The molecular formula is C14H19N3O. The summed E-state index contributed by atoms with van der Waals surface area (Å²) >= 11 is 0. The summed E-state index contributed by atoms with van der Waals surface area (Å²) < 4.78 is 5.43. The summed E-state index contributed by atoms with van der Waals surface area (Å²) in [5.41, 5.74) is 6.55. The Bertz CT molecular complexity index is 514. The number of nitrogens with zero attached hydrogens (tertiary/aromatic N) is 2. The van der Waals surface area contributed by atoms with Gasteiger partial charge in [0.25, 0.3) is 0 Å². The summed E-state index contributed by atoms with van der Waals surface area (Å²) in [5, 5.41) is 1.12. The van der Waals surface area contributed by atoms with Crippen LogP contribution in [-0.4, -0.2) is 24.6 Å². The van der Waals surface area contributed by atoms with E-state index in [4.69, 9.17) is 10.2 Å². The number of hydrogen-bond donors (Lipinski definition) is 1. The van der Waals surface area contributed by atoms with Gasteiger partial charge in [0, 0.05) is 19.3 Å². The van der Waals surface area contributed by atoms with Crippen molar-refractivity contribution in [3.8, 4) is 0 Å². The van der Waals surface area contributed by atoms with E-state index in [2.05, 4.69) is 9.88 Å². The number of rotatable bonds is 3. The molecule has 3 heterocycles. The van der Waals surface area contributed by atoms with E-state index in [-0.39, 0.29) is 0 Å². The van der Waals surface area contributed by atoms with Gasteiger partial charge >= 0.3 is 0 Å². The third-order valence-electron chi connectivity index (χ3n) is 3.85. The van der Waals surface area contributed by atoms with Gasteiger partial charge in [-0.1, -0.05) is 0 Å². The van der Waals surface area contributed by atoms with Crippen LogP contribution < -0.4 is 10.6 Å². The lowest BCUT2D eigenvalue weighted by atomic mass is 9.93. The van der Waals surface area contributed by atoms with E-state index in [0.717, 1.165) is 48.8 Å². The van der Waals surface area contributed by atoms with Crippen molar-refractivity contribution in [3.05, 3.63) is 24.6 Å². The average Bonchev–Trinajstić information content (AvgIpc) is 2.88. The first kappa shape index (κ1) is 11.5. The van der Waals surface area contributed by atoms with E-state index in [1.807, 2.05) is 18.3 Å². The zero-order valence-electron chi connectivity index (χ0n) is 10.5. The maximum Gasteiger partial charge on any atom is 0.139 e. The highest BCUT2D eigenvalue weighted by molar-refractivity contribution is 5.88. The van der Waals surface area contributed by atoms with E-state index in [1.165, 1.54) is 12.8 Å². The van der Waals surface area contributed by atoms with Gasteiger partial charge in [0.1, 0.15) is 11.4 Å². The van der Waals surface area contributed by atoms with Crippen LogP contribution in [0.5, 0.6) is 0 Å². The minimum Gasteiger partial charge on any atom is -0.464 e. The first-order valence-electron chi connectivity index (χ1n) is 6.65. The molecule has 18 heavy (non-hydrogen) atoms. The maximum absolute atomic E-state index is 5.63. The van der Waals surface area contributed by atoms with E-state index >= 15 is 0 Å². The summed E-state index contributed by atoms with van der Waals surface area (Å²) in [6.07, 6.45) is 7.14. The summed E-state index contributed by atoms with van der Waals surface area (Å²) in [7, 11) is 0. The Labute approximate surface area is 107 Å². The second-order valence-electron chi connectivity index (χ2n) is 4.97. The molecule has 0 amide bonds. The van der Waals surface area contributed by atoms with Gasteiger partial charge in [0.2, 0.25) is 0 Å². The van der Waals surface area contributed by atoms with Crippen molar-refractivity contribution in [2.24, 2.45) is 11.7 Å². The molecule has 1 aliphatic heterocycles. The van der Waals surface area contributed by atoms with Crippen LogP contribution in [-0.2, 0) is 0 Å². The molecule has 2 aromatic rings.